The lowest BCUT2D eigenvalue weighted by Crippen LogP contribution is -2.43. The second kappa shape index (κ2) is 9.32. The molecule has 0 saturated heterocycles. The molecule has 1 fully saturated rings. The van der Waals surface area contributed by atoms with Crippen molar-refractivity contribution in [1.29, 1.82) is 0 Å². The van der Waals surface area contributed by atoms with Crippen LogP contribution in [0.25, 0.3) is 0 Å². The number of thiol groups is 1. The molecule has 114 valence electrons. The van der Waals surface area contributed by atoms with E-state index in [0.29, 0.717) is 5.25 Å². The van der Waals surface area contributed by atoms with Gasteiger partial charge in [0, 0.05) is 5.25 Å². The van der Waals surface area contributed by atoms with E-state index in [1.165, 1.54) is 57.8 Å². The average molecular weight is 285 g/mol. The van der Waals surface area contributed by atoms with E-state index < -0.39 is 0 Å². The van der Waals surface area contributed by atoms with Crippen LogP contribution in [-0.2, 0) is 0 Å². The van der Waals surface area contributed by atoms with Gasteiger partial charge in [0.05, 0.1) is 0 Å². The Morgan fingerprint density at radius 3 is 2.11 bits per heavy atom. The molecule has 1 heteroatoms. The Morgan fingerprint density at radius 2 is 1.58 bits per heavy atom. The van der Waals surface area contributed by atoms with Crippen LogP contribution in [-0.4, -0.2) is 5.25 Å². The van der Waals surface area contributed by atoms with Gasteiger partial charge in [0.25, 0.3) is 0 Å². The smallest absolute Gasteiger partial charge is 0.00220 e. The SMILES string of the molecule is CCCCCCCCCC(C)C1CC(C)C1C(C)S. The first-order valence-corrected chi connectivity index (χ1v) is 9.27. The Balaban J connectivity index is 2.06. The van der Waals surface area contributed by atoms with E-state index in [9.17, 15) is 0 Å². The molecule has 0 aromatic rings. The molecule has 0 amide bonds. The molecule has 5 unspecified atom stereocenters. The van der Waals surface area contributed by atoms with Crippen LogP contribution in [0.2, 0.25) is 0 Å². The van der Waals surface area contributed by atoms with Gasteiger partial charge in [-0.15, -0.1) is 0 Å². The zero-order valence-corrected chi connectivity index (χ0v) is 14.6. The van der Waals surface area contributed by atoms with Gasteiger partial charge in [0.2, 0.25) is 0 Å². The third-order valence-corrected chi connectivity index (χ3v) is 5.69. The van der Waals surface area contributed by atoms with Crippen molar-refractivity contribution < 1.29 is 0 Å². The van der Waals surface area contributed by atoms with E-state index in [4.69, 9.17) is 12.6 Å². The van der Waals surface area contributed by atoms with Crippen LogP contribution in [0.5, 0.6) is 0 Å². The van der Waals surface area contributed by atoms with Crippen molar-refractivity contribution in [3.05, 3.63) is 0 Å². The predicted molar refractivity (Wildman–Crippen MR) is 91.0 cm³/mol. The minimum Gasteiger partial charge on any atom is -0.176 e. The molecule has 19 heavy (non-hydrogen) atoms. The average Bonchev–Trinajstić information content (AvgIpc) is 2.33. The van der Waals surface area contributed by atoms with Crippen LogP contribution in [0.15, 0.2) is 0 Å². The third-order valence-electron chi connectivity index (χ3n) is 5.35. The Hall–Kier alpha value is 0.350. The summed E-state index contributed by atoms with van der Waals surface area (Å²) in [6.07, 6.45) is 13.0. The Kier molecular flexibility index (Phi) is 8.53. The van der Waals surface area contributed by atoms with Gasteiger partial charge < -0.3 is 0 Å². The molecule has 1 aliphatic carbocycles. The standard InChI is InChI=1S/C18H36S/c1-5-6-7-8-9-10-11-12-14(2)17-13-15(3)18(17)16(4)19/h14-19H,5-13H2,1-4H3. The van der Waals surface area contributed by atoms with Crippen molar-refractivity contribution in [3.63, 3.8) is 0 Å². The first-order valence-electron chi connectivity index (χ1n) is 8.76. The molecule has 0 spiro atoms. The van der Waals surface area contributed by atoms with E-state index in [-0.39, 0.29) is 0 Å². The van der Waals surface area contributed by atoms with Crippen molar-refractivity contribution in [2.45, 2.75) is 90.7 Å². The van der Waals surface area contributed by atoms with Gasteiger partial charge in [-0.2, -0.15) is 12.6 Å². The molecule has 0 bridgehead atoms. The van der Waals surface area contributed by atoms with Gasteiger partial charge >= 0.3 is 0 Å². The largest absolute Gasteiger partial charge is 0.176 e. The summed E-state index contributed by atoms with van der Waals surface area (Å²) in [5.41, 5.74) is 0. The Labute approximate surface area is 127 Å². The molecule has 0 aliphatic heterocycles. The van der Waals surface area contributed by atoms with Gasteiger partial charge in [-0.3, -0.25) is 0 Å². The fraction of sp³-hybridized carbons (Fsp3) is 1.00. The van der Waals surface area contributed by atoms with Crippen molar-refractivity contribution in [1.82, 2.24) is 0 Å². The van der Waals surface area contributed by atoms with Crippen LogP contribution in [0, 0.1) is 23.7 Å². The lowest BCUT2D eigenvalue weighted by atomic mass is 9.59. The maximum absolute atomic E-state index is 4.69. The summed E-state index contributed by atoms with van der Waals surface area (Å²) in [4.78, 5) is 0. The van der Waals surface area contributed by atoms with Crippen LogP contribution in [0.4, 0.5) is 0 Å². The summed E-state index contributed by atoms with van der Waals surface area (Å²) in [6.45, 7) is 9.47. The number of rotatable bonds is 10. The summed E-state index contributed by atoms with van der Waals surface area (Å²) in [7, 11) is 0. The van der Waals surface area contributed by atoms with Crippen LogP contribution in [0.1, 0.15) is 85.5 Å². The molecule has 1 rings (SSSR count). The minimum absolute atomic E-state index is 0.588. The summed E-state index contributed by atoms with van der Waals surface area (Å²) in [6, 6.07) is 0. The molecule has 1 saturated carbocycles. The highest BCUT2D eigenvalue weighted by Gasteiger charge is 2.42. The lowest BCUT2D eigenvalue weighted by molar-refractivity contribution is 0.0381. The molecule has 0 radical (unpaired) electrons. The second-order valence-electron chi connectivity index (χ2n) is 7.08. The summed E-state index contributed by atoms with van der Waals surface area (Å²) < 4.78 is 0. The van der Waals surface area contributed by atoms with Crippen molar-refractivity contribution in [3.8, 4) is 0 Å². The maximum Gasteiger partial charge on any atom is 0.00220 e. The van der Waals surface area contributed by atoms with Gasteiger partial charge in [0.15, 0.2) is 0 Å². The monoisotopic (exact) mass is 284 g/mol. The van der Waals surface area contributed by atoms with Gasteiger partial charge in [-0.1, -0.05) is 79.1 Å². The summed E-state index contributed by atoms with van der Waals surface area (Å²) in [5, 5.41) is 0.588. The molecule has 0 aromatic carbocycles. The molecule has 0 N–H and O–H groups in total. The van der Waals surface area contributed by atoms with Crippen molar-refractivity contribution in [2.24, 2.45) is 23.7 Å². The van der Waals surface area contributed by atoms with Crippen molar-refractivity contribution in [2.75, 3.05) is 0 Å². The van der Waals surface area contributed by atoms with E-state index in [0.717, 1.165) is 23.7 Å². The highest BCUT2D eigenvalue weighted by molar-refractivity contribution is 7.80. The lowest BCUT2D eigenvalue weighted by Gasteiger charge is -2.48. The second-order valence-corrected chi connectivity index (χ2v) is 7.90. The van der Waals surface area contributed by atoms with E-state index in [1.54, 1.807) is 0 Å². The van der Waals surface area contributed by atoms with Gasteiger partial charge in [-0.05, 0) is 30.1 Å². The predicted octanol–water partition coefficient (Wildman–Crippen LogP) is 6.35. The third kappa shape index (κ3) is 5.69. The molecule has 0 nitrogen and oxygen atoms in total. The van der Waals surface area contributed by atoms with Crippen molar-refractivity contribution >= 4 is 12.6 Å². The summed E-state index contributed by atoms with van der Waals surface area (Å²) in [5.74, 6) is 3.67. The normalized spacial score (nSPS) is 29.8. The van der Waals surface area contributed by atoms with E-state index in [2.05, 4.69) is 27.7 Å². The van der Waals surface area contributed by atoms with Crippen LogP contribution in [0.3, 0.4) is 0 Å². The zero-order valence-electron chi connectivity index (χ0n) is 13.7. The van der Waals surface area contributed by atoms with Crippen LogP contribution >= 0.6 is 12.6 Å². The fourth-order valence-electron chi connectivity index (χ4n) is 4.05. The summed E-state index contributed by atoms with van der Waals surface area (Å²) >= 11 is 4.69. The zero-order chi connectivity index (χ0) is 14.3. The van der Waals surface area contributed by atoms with E-state index >= 15 is 0 Å². The minimum atomic E-state index is 0.588. The molecule has 0 aromatic heterocycles. The molecule has 5 atom stereocenters. The Bertz CT molecular complexity index is 219. The molecule has 0 heterocycles. The molecular weight excluding hydrogens is 248 g/mol. The number of unbranched alkanes of at least 4 members (excludes halogenated alkanes) is 6. The van der Waals surface area contributed by atoms with Gasteiger partial charge in [-0.25, -0.2) is 0 Å². The van der Waals surface area contributed by atoms with Gasteiger partial charge in [0.1, 0.15) is 0 Å². The number of hydrogen-bond acceptors (Lipinski definition) is 1. The first-order chi connectivity index (χ1) is 9.07. The fourth-order valence-corrected chi connectivity index (χ4v) is 4.57. The maximum atomic E-state index is 4.69. The topological polar surface area (TPSA) is 0 Å². The highest BCUT2D eigenvalue weighted by Crippen LogP contribution is 2.48. The van der Waals surface area contributed by atoms with Crippen LogP contribution < -0.4 is 0 Å². The molecule has 1 aliphatic rings. The Morgan fingerprint density at radius 1 is 1.00 bits per heavy atom. The highest BCUT2D eigenvalue weighted by atomic mass is 32.1. The quantitative estimate of drug-likeness (QED) is 0.350. The van der Waals surface area contributed by atoms with E-state index in [1.807, 2.05) is 0 Å². The molecular formula is C18H36S. The number of hydrogen-bond donors (Lipinski definition) is 1. The first kappa shape index (κ1) is 17.4.